The first-order chi connectivity index (χ1) is 16.5. The van der Waals surface area contributed by atoms with Crippen molar-refractivity contribution >= 4 is 23.5 Å². The van der Waals surface area contributed by atoms with Gasteiger partial charge in [-0.1, -0.05) is 19.0 Å². The lowest BCUT2D eigenvalue weighted by Crippen LogP contribution is -2.58. The molecule has 2 heterocycles. The molecule has 0 radical (unpaired) electrons. The van der Waals surface area contributed by atoms with E-state index in [0.717, 1.165) is 0 Å². The standard InChI is InChI=1S/C22H34N4O9/c1-12(2)6-14(18(28)22(3)11-34-22)23-20(30)16(9-32-4)25-21(31)17(10-33-5)24-19(29)15-7-13(8-27)35-26-15/h7,12,14,16-17,27H,6,8-11H2,1-5H3,(H,23,30)(H,24,29)(H,25,31)/t14?,16?,17?,22-/m1/s1. The topological polar surface area (TPSA) is 182 Å². The Hall–Kier alpha value is -2.87. The van der Waals surface area contributed by atoms with Crippen LogP contribution in [0.4, 0.5) is 0 Å². The Morgan fingerprint density at radius 1 is 1.06 bits per heavy atom. The van der Waals surface area contributed by atoms with Crippen molar-refractivity contribution in [1.29, 1.82) is 0 Å². The zero-order chi connectivity index (χ0) is 26.2. The predicted octanol–water partition coefficient (Wildman–Crippen LogP) is -1.07. The van der Waals surface area contributed by atoms with Gasteiger partial charge >= 0.3 is 0 Å². The van der Waals surface area contributed by atoms with Crippen LogP contribution in [0.15, 0.2) is 10.6 Å². The first-order valence-corrected chi connectivity index (χ1v) is 11.2. The smallest absolute Gasteiger partial charge is 0.274 e. The van der Waals surface area contributed by atoms with E-state index in [1.165, 1.54) is 20.3 Å². The molecule has 35 heavy (non-hydrogen) atoms. The van der Waals surface area contributed by atoms with Crippen LogP contribution < -0.4 is 16.0 Å². The molecule has 4 N–H and O–H groups in total. The molecule has 1 aromatic rings. The summed E-state index contributed by atoms with van der Waals surface area (Å²) in [6.45, 7) is 4.98. The largest absolute Gasteiger partial charge is 0.388 e. The molecule has 0 aromatic carbocycles. The van der Waals surface area contributed by atoms with Crippen LogP contribution in [0.3, 0.4) is 0 Å². The number of amides is 3. The minimum Gasteiger partial charge on any atom is -0.388 e. The van der Waals surface area contributed by atoms with Crippen molar-refractivity contribution in [3.05, 3.63) is 17.5 Å². The Labute approximate surface area is 203 Å². The van der Waals surface area contributed by atoms with Crippen molar-refractivity contribution in [3.63, 3.8) is 0 Å². The summed E-state index contributed by atoms with van der Waals surface area (Å²) >= 11 is 0. The van der Waals surface area contributed by atoms with Gasteiger partial charge in [-0.15, -0.1) is 0 Å². The van der Waals surface area contributed by atoms with Gasteiger partial charge in [0, 0.05) is 20.3 Å². The maximum absolute atomic E-state index is 13.0. The number of aliphatic hydroxyl groups excluding tert-OH is 1. The third kappa shape index (κ3) is 8.09. The number of epoxide rings is 1. The van der Waals surface area contributed by atoms with E-state index in [1.807, 2.05) is 13.8 Å². The van der Waals surface area contributed by atoms with Gasteiger partial charge in [-0.05, 0) is 19.3 Å². The number of methoxy groups -OCH3 is 2. The molecule has 3 amide bonds. The Balaban J connectivity index is 2.08. The zero-order valence-corrected chi connectivity index (χ0v) is 20.6. The molecule has 0 aliphatic carbocycles. The molecule has 1 saturated heterocycles. The number of carbonyl (C=O) groups excluding carboxylic acids is 4. The van der Waals surface area contributed by atoms with E-state index in [1.54, 1.807) is 6.92 Å². The molecule has 13 nitrogen and oxygen atoms in total. The fraction of sp³-hybridized carbons (Fsp3) is 0.682. The average molecular weight is 499 g/mol. The van der Waals surface area contributed by atoms with Crippen LogP contribution in [-0.4, -0.2) is 91.5 Å². The van der Waals surface area contributed by atoms with Gasteiger partial charge in [0.05, 0.1) is 25.9 Å². The minimum atomic E-state index is -1.18. The lowest BCUT2D eigenvalue weighted by Gasteiger charge is -2.26. The molecule has 2 rings (SSSR count). The number of Topliss-reactive ketones (excluding diaryl/α,β-unsaturated/α-hetero) is 1. The molecule has 0 saturated carbocycles. The van der Waals surface area contributed by atoms with Crippen LogP contribution in [0.1, 0.15) is 43.4 Å². The highest BCUT2D eigenvalue weighted by molar-refractivity contribution is 5.99. The maximum Gasteiger partial charge on any atom is 0.274 e. The van der Waals surface area contributed by atoms with Gasteiger partial charge < -0.3 is 39.8 Å². The number of carbonyl (C=O) groups is 4. The number of hydrogen-bond acceptors (Lipinski definition) is 10. The van der Waals surface area contributed by atoms with Crippen molar-refractivity contribution in [2.24, 2.45) is 5.92 Å². The van der Waals surface area contributed by atoms with E-state index >= 15 is 0 Å². The summed E-state index contributed by atoms with van der Waals surface area (Å²) in [6, 6.07) is -1.89. The number of aromatic nitrogens is 1. The normalized spacial score (nSPS) is 19.5. The van der Waals surface area contributed by atoms with Gasteiger partial charge in [-0.3, -0.25) is 19.2 Å². The summed E-state index contributed by atoms with van der Waals surface area (Å²) < 4.78 is 20.1. The lowest BCUT2D eigenvalue weighted by molar-refractivity contribution is -0.134. The Bertz CT molecular complexity index is 897. The van der Waals surface area contributed by atoms with Gasteiger partial charge in [0.15, 0.2) is 17.2 Å². The van der Waals surface area contributed by atoms with Crippen LogP contribution in [-0.2, 0) is 35.2 Å². The Kier molecular flexibility index (Phi) is 10.3. The monoisotopic (exact) mass is 498 g/mol. The highest BCUT2D eigenvalue weighted by Gasteiger charge is 2.50. The van der Waals surface area contributed by atoms with E-state index in [2.05, 4.69) is 21.1 Å². The molecule has 3 unspecified atom stereocenters. The quantitative estimate of drug-likeness (QED) is 0.217. The number of rotatable bonds is 15. The van der Waals surface area contributed by atoms with Gasteiger partial charge in [-0.25, -0.2) is 0 Å². The molecule has 0 spiro atoms. The average Bonchev–Trinajstić information content (AvgIpc) is 3.37. The minimum absolute atomic E-state index is 0.0793. The summed E-state index contributed by atoms with van der Waals surface area (Å²) in [4.78, 5) is 51.2. The highest BCUT2D eigenvalue weighted by Crippen LogP contribution is 2.29. The number of nitrogens with one attached hydrogen (secondary N) is 3. The first-order valence-electron chi connectivity index (χ1n) is 11.2. The van der Waals surface area contributed by atoms with Gasteiger partial charge in [-0.2, -0.15) is 0 Å². The third-order valence-electron chi connectivity index (χ3n) is 5.31. The number of ketones is 1. The fourth-order valence-corrected chi connectivity index (χ4v) is 3.29. The second-order valence-electron chi connectivity index (χ2n) is 8.91. The van der Waals surface area contributed by atoms with Gasteiger partial charge in [0.25, 0.3) is 5.91 Å². The van der Waals surface area contributed by atoms with Crippen LogP contribution >= 0.6 is 0 Å². The zero-order valence-electron chi connectivity index (χ0n) is 20.6. The van der Waals surface area contributed by atoms with E-state index in [4.69, 9.17) is 23.8 Å². The molecular formula is C22H34N4O9. The van der Waals surface area contributed by atoms with E-state index < -0.39 is 48.1 Å². The van der Waals surface area contributed by atoms with Crippen molar-refractivity contribution in [3.8, 4) is 0 Å². The predicted molar refractivity (Wildman–Crippen MR) is 120 cm³/mol. The van der Waals surface area contributed by atoms with Crippen LogP contribution in [0.5, 0.6) is 0 Å². The molecule has 1 aromatic heterocycles. The van der Waals surface area contributed by atoms with Crippen molar-refractivity contribution < 1.29 is 43.0 Å². The van der Waals surface area contributed by atoms with E-state index in [0.29, 0.717) is 6.42 Å². The summed E-state index contributed by atoms with van der Waals surface area (Å²) in [5.74, 6) is -2.11. The van der Waals surface area contributed by atoms with Crippen molar-refractivity contribution in [2.75, 3.05) is 34.0 Å². The molecule has 1 fully saturated rings. The molecule has 4 atom stereocenters. The van der Waals surface area contributed by atoms with Crippen molar-refractivity contribution in [2.45, 2.75) is 57.5 Å². The van der Waals surface area contributed by atoms with Crippen molar-refractivity contribution in [1.82, 2.24) is 21.1 Å². The number of nitrogens with zero attached hydrogens (tertiary/aromatic N) is 1. The second-order valence-corrected chi connectivity index (χ2v) is 8.91. The van der Waals surface area contributed by atoms with Gasteiger partial charge in [0.2, 0.25) is 11.8 Å². The first kappa shape index (κ1) is 28.4. The fourth-order valence-electron chi connectivity index (χ4n) is 3.29. The SMILES string of the molecule is COCC(NC(=O)c1cc(CO)on1)C(=O)NC(COC)C(=O)NC(CC(C)C)C(=O)[C@@]1(C)CO1. The summed E-state index contributed by atoms with van der Waals surface area (Å²) in [5, 5.41) is 20.3. The molecular weight excluding hydrogens is 464 g/mol. The Morgan fingerprint density at radius 3 is 2.06 bits per heavy atom. The summed E-state index contributed by atoms with van der Waals surface area (Å²) in [7, 11) is 2.70. The molecule has 1 aliphatic rings. The van der Waals surface area contributed by atoms with Crippen LogP contribution in [0, 0.1) is 5.92 Å². The van der Waals surface area contributed by atoms with Crippen LogP contribution in [0.25, 0.3) is 0 Å². The van der Waals surface area contributed by atoms with Crippen LogP contribution in [0.2, 0.25) is 0 Å². The summed E-state index contributed by atoms with van der Waals surface area (Å²) in [5.41, 5.74) is -1.06. The number of ether oxygens (including phenoxy) is 3. The Morgan fingerprint density at radius 2 is 1.60 bits per heavy atom. The third-order valence-corrected chi connectivity index (χ3v) is 5.31. The number of aliphatic hydroxyl groups is 1. The maximum atomic E-state index is 13.0. The highest BCUT2D eigenvalue weighted by atomic mass is 16.6. The second kappa shape index (κ2) is 12.7. The van der Waals surface area contributed by atoms with E-state index in [9.17, 15) is 19.2 Å². The summed E-state index contributed by atoms with van der Waals surface area (Å²) in [6.07, 6.45) is 0.396. The van der Waals surface area contributed by atoms with Gasteiger partial charge in [0.1, 0.15) is 24.3 Å². The van der Waals surface area contributed by atoms with E-state index in [-0.39, 0.29) is 43.0 Å². The lowest BCUT2D eigenvalue weighted by atomic mass is 9.93. The molecule has 13 heteroatoms. The number of hydrogen-bond donors (Lipinski definition) is 4. The molecule has 0 bridgehead atoms. The molecule has 1 aliphatic heterocycles. The molecule has 196 valence electrons.